The van der Waals surface area contributed by atoms with Gasteiger partial charge in [-0.25, -0.2) is 8.42 Å². The van der Waals surface area contributed by atoms with Crippen molar-refractivity contribution in [3.63, 3.8) is 0 Å². The summed E-state index contributed by atoms with van der Waals surface area (Å²) in [6.07, 6.45) is 0.418. The van der Waals surface area contributed by atoms with Gasteiger partial charge in [0.25, 0.3) is 0 Å². The molecule has 0 bridgehead atoms. The molecule has 5 nitrogen and oxygen atoms in total. The van der Waals surface area contributed by atoms with Crippen LogP contribution in [-0.2, 0) is 10.0 Å². The van der Waals surface area contributed by atoms with E-state index in [2.05, 4.69) is 16.7 Å². The van der Waals surface area contributed by atoms with Gasteiger partial charge in [-0.15, -0.1) is 0 Å². The molecular formula is C15H20N2O3S. The van der Waals surface area contributed by atoms with Gasteiger partial charge in [0.2, 0.25) is 10.0 Å². The van der Waals surface area contributed by atoms with Gasteiger partial charge in [0.05, 0.1) is 11.5 Å². The van der Waals surface area contributed by atoms with Gasteiger partial charge < -0.3 is 10.0 Å². The van der Waals surface area contributed by atoms with Crippen LogP contribution in [0.5, 0.6) is 0 Å². The van der Waals surface area contributed by atoms with Crippen molar-refractivity contribution in [2.75, 3.05) is 39.8 Å². The van der Waals surface area contributed by atoms with Gasteiger partial charge >= 0.3 is 0 Å². The number of nitrogens with zero attached hydrogens (tertiary/aromatic N) is 2. The maximum atomic E-state index is 12.5. The lowest BCUT2D eigenvalue weighted by Gasteiger charge is -2.31. The van der Waals surface area contributed by atoms with E-state index in [1.807, 2.05) is 7.05 Å². The summed E-state index contributed by atoms with van der Waals surface area (Å²) >= 11 is 0. The molecule has 114 valence electrons. The Bertz CT molecular complexity index is 621. The molecule has 0 atom stereocenters. The van der Waals surface area contributed by atoms with Gasteiger partial charge in [-0.2, -0.15) is 4.31 Å². The Morgan fingerprint density at radius 2 is 1.76 bits per heavy atom. The lowest BCUT2D eigenvalue weighted by Crippen LogP contribution is -2.46. The largest absolute Gasteiger partial charge is 0.395 e. The van der Waals surface area contributed by atoms with Crippen LogP contribution in [0.25, 0.3) is 0 Å². The number of piperazine rings is 1. The molecule has 21 heavy (non-hydrogen) atoms. The van der Waals surface area contributed by atoms with E-state index in [1.165, 1.54) is 4.31 Å². The number of aliphatic hydroxyl groups excluding tert-OH is 1. The fourth-order valence-corrected chi connectivity index (χ4v) is 3.53. The predicted octanol–water partition coefficient (Wildman–Crippen LogP) is 0.357. The molecule has 0 spiro atoms. The van der Waals surface area contributed by atoms with Crippen LogP contribution >= 0.6 is 0 Å². The van der Waals surface area contributed by atoms with E-state index in [0.29, 0.717) is 24.4 Å². The number of sulfonamides is 1. The third kappa shape index (κ3) is 4.05. The molecule has 2 rings (SSSR count). The van der Waals surface area contributed by atoms with E-state index in [4.69, 9.17) is 5.11 Å². The van der Waals surface area contributed by atoms with Crippen LogP contribution in [0.4, 0.5) is 0 Å². The van der Waals surface area contributed by atoms with Crippen molar-refractivity contribution in [3.8, 4) is 11.8 Å². The van der Waals surface area contributed by atoms with Crippen LogP contribution in [0.1, 0.15) is 12.0 Å². The zero-order valence-corrected chi connectivity index (χ0v) is 12.9. The summed E-state index contributed by atoms with van der Waals surface area (Å²) in [5, 5.41) is 8.67. The second kappa shape index (κ2) is 7.05. The molecule has 1 aliphatic heterocycles. The number of aliphatic hydroxyl groups is 1. The lowest BCUT2D eigenvalue weighted by molar-refractivity contribution is 0.222. The van der Waals surface area contributed by atoms with Gasteiger partial charge in [0, 0.05) is 38.2 Å². The third-order valence-corrected chi connectivity index (χ3v) is 5.34. The number of likely N-dealkylation sites (N-methyl/N-ethyl adjacent to an activating group) is 1. The molecule has 0 aliphatic carbocycles. The maximum absolute atomic E-state index is 12.5. The van der Waals surface area contributed by atoms with Crippen molar-refractivity contribution >= 4 is 10.0 Å². The van der Waals surface area contributed by atoms with Crippen molar-refractivity contribution in [2.24, 2.45) is 0 Å². The summed E-state index contributed by atoms with van der Waals surface area (Å²) in [5.41, 5.74) is 0.751. The first-order valence-corrected chi connectivity index (χ1v) is 8.36. The first kappa shape index (κ1) is 16.0. The standard InChI is InChI=1S/C15H20N2O3S/c1-16-9-11-17(12-10-16)21(19,20)15-7-5-14(6-8-15)4-2-3-13-18/h5-8,18H,3,9-13H2,1H3. The highest BCUT2D eigenvalue weighted by Gasteiger charge is 2.27. The molecule has 1 aromatic rings. The van der Waals surface area contributed by atoms with Crippen molar-refractivity contribution in [1.82, 2.24) is 9.21 Å². The van der Waals surface area contributed by atoms with Crippen molar-refractivity contribution in [2.45, 2.75) is 11.3 Å². The summed E-state index contributed by atoms with van der Waals surface area (Å²) in [7, 11) is -1.42. The van der Waals surface area contributed by atoms with Crippen molar-refractivity contribution < 1.29 is 13.5 Å². The summed E-state index contributed by atoms with van der Waals surface area (Å²) < 4.78 is 26.5. The third-order valence-electron chi connectivity index (χ3n) is 3.42. The van der Waals surface area contributed by atoms with Crippen LogP contribution in [0.2, 0.25) is 0 Å². The van der Waals surface area contributed by atoms with Gasteiger partial charge in [0.15, 0.2) is 0 Å². The monoisotopic (exact) mass is 308 g/mol. The minimum absolute atomic E-state index is 0.0306. The summed E-state index contributed by atoms with van der Waals surface area (Å²) in [4.78, 5) is 2.42. The summed E-state index contributed by atoms with van der Waals surface area (Å²) in [5.74, 6) is 5.70. The van der Waals surface area contributed by atoms with Crippen molar-refractivity contribution in [3.05, 3.63) is 29.8 Å². The Morgan fingerprint density at radius 3 is 2.33 bits per heavy atom. The van der Waals surface area contributed by atoms with Crippen LogP contribution in [0.15, 0.2) is 29.2 Å². The SMILES string of the molecule is CN1CCN(S(=O)(=O)c2ccc(C#CCCO)cc2)CC1. The topological polar surface area (TPSA) is 60.9 Å². The highest BCUT2D eigenvalue weighted by Crippen LogP contribution is 2.17. The Morgan fingerprint density at radius 1 is 1.14 bits per heavy atom. The molecule has 1 saturated heterocycles. The molecule has 0 radical (unpaired) electrons. The fourth-order valence-electron chi connectivity index (χ4n) is 2.11. The van der Waals surface area contributed by atoms with Crippen LogP contribution in [-0.4, -0.2) is 62.6 Å². The van der Waals surface area contributed by atoms with Gasteiger partial charge in [-0.05, 0) is 31.3 Å². The highest BCUT2D eigenvalue weighted by molar-refractivity contribution is 7.89. The fraction of sp³-hybridized carbons (Fsp3) is 0.467. The zero-order valence-electron chi connectivity index (χ0n) is 12.1. The molecule has 1 N–H and O–H groups in total. The molecule has 0 unspecified atom stereocenters. The van der Waals surface area contributed by atoms with E-state index in [-0.39, 0.29) is 6.61 Å². The smallest absolute Gasteiger partial charge is 0.243 e. The van der Waals surface area contributed by atoms with Gasteiger partial charge in [-0.3, -0.25) is 0 Å². The molecule has 1 fully saturated rings. The quantitative estimate of drug-likeness (QED) is 0.819. The summed E-state index contributed by atoms with van der Waals surface area (Å²) in [6.45, 7) is 2.59. The first-order valence-electron chi connectivity index (χ1n) is 6.92. The molecule has 1 aromatic carbocycles. The average molecular weight is 308 g/mol. The maximum Gasteiger partial charge on any atom is 0.243 e. The van der Waals surface area contributed by atoms with Gasteiger partial charge in [-0.1, -0.05) is 11.8 Å². The van der Waals surface area contributed by atoms with Crippen LogP contribution in [0, 0.1) is 11.8 Å². The van der Waals surface area contributed by atoms with E-state index in [0.717, 1.165) is 18.7 Å². The van der Waals surface area contributed by atoms with Crippen LogP contribution in [0.3, 0.4) is 0 Å². The first-order chi connectivity index (χ1) is 10.0. The number of hydrogen-bond donors (Lipinski definition) is 1. The Kier molecular flexibility index (Phi) is 5.37. The van der Waals surface area contributed by atoms with Gasteiger partial charge in [0.1, 0.15) is 0 Å². The van der Waals surface area contributed by atoms with E-state index < -0.39 is 10.0 Å². The Hall–Kier alpha value is -1.39. The molecule has 0 aromatic heterocycles. The highest BCUT2D eigenvalue weighted by atomic mass is 32.2. The number of benzene rings is 1. The summed E-state index contributed by atoms with van der Waals surface area (Å²) in [6, 6.07) is 6.59. The minimum atomic E-state index is -3.41. The van der Waals surface area contributed by atoms with Crippen LogP contribution < -0.4 is 0 Å². The number of rotatable bonds is 3. The molecule has 0 saturated carbocycles. The number of hydrogen-bond acceptors (Lipinski definition) is 4. The minimum Gasteiger partial charge on any atom is -0.395 e. The molecule has 1 heterocycles. The predicted molar refractivity (Wildman–Crippen MR) is 81.3 cm³/mol. The van der Waals surface area contributed by atoms with Crippen molar-refractivity contribution in [1.29, 1.82) is 0 Å². The van der Waals surface area contributed by atoms with E-state index in [9.17, 15) is 8.42 Å². The second-order valence-corrected chi connectivity index (χ2v) is 6.95. The van der Waals surface area contributed by atoms with E-state index >= 15 is 0 Å². The Balaban J connectivity index is 2.12. The Labute approximate surface area is 126 Å². The normalized spacial score (nSPS) is 17.2. The molecule has 1 aliphatic rings. The average Bonchev–Trinajstić information content (AvgIpc) is 2.48. The lowest BCUT2D eigenvalue weighted by atomic mass is 10.2. The van der Waals surface area contributed by atoms with E-state index in [1.54, 1.807) is 24.3 Å². The molecule has 6 heteroatoms. The molecule has 0 amide bonds. The second-order valence-electron chi connectivity index (χ2n) is 5.01. The zero-order chi connectivity index (χ0) is 15.3. The molecular weight excluding hydrogens is 288 g/mol.